The smallest absolute Gasteiger partial charge is 0.0701 e. The van der Waals surface area contributed by atoms with Crippen LogP contribution in [0.1, 0.15) is 30.0 Å². The number of aryl methyl sites for hydroxylation is 1. The van der Waals surface area contributed by atoms with E-state index in [9.17, 15) is 0 Å². The molecule has 1 heterocycles. The standard InChI is InChI=1S/C17H23BrN2S/c1-4-7-19-10-15-8-13(2)5-6-16(15)20(3)11-14-9-17(18)21-12-14/h5-6,8-9,12,19H,4,7,10-11H2,1-3H3. The molecule has 0 bridgehead atoms. The molecule has 0 aliphatic rings. The Labute approximate surface area is 140 Å². The lowest BCUT2D eigenvalue weighted by atomic mass is 10.1. The zero-order valence-electron chi connectivity index (χ0n) is 12.9. The van der Waals surface area contributed by atoms with Gasteiger partial charge in [0.05, 0.1) is 3.79 Å². The molecule has 1 aromatic carbocycles. The lowest BCUT2D eigenvalue weighted by molar-refractivity contribution is 0.673. The zero-order valence-corrected chi connectivity index (χ0v) is 15.4. The van der Waals surface area contributed by atoms with E-state index in [4.69, 9.17) is 0 Å². The molecule has 0 radical (unpaired) electrons. The average molecular weight is 367 g/mol. The lowest BCUT2D eigenvalue weighted by Gasteiger charge is -2.23. The topological polar surface area (TPSA) is 15.3 Å². The van der Waals surface area contributed by atoms with Crippen LogP contribution in [0.3, 0.4) is 0 Å². The van der Waals surface area contributed by atoms with E-state index in [0.29, 0.717) is 0 Å². The highest BCUT2D eigenvalue weighted by Crippen LogP contribution is 2.26. The highest BCUT2D eigenvalue weighted by molar-refractivity contribution is 9.11. The molecule has 0 fully saturated rings. The average Bonchev–Trinajstić information content (AvgIpc) is 2.84. The van der Waals surface area contributed by atoms with Gasteiger partial charge in [-0.15, -0.1) is 11.3 Å². The van der Waals surface area contributed by atoms with Crippen molar-refractivity contribution in [1.29, 1.82) is 0 Å². The number of hydrogen-bond acceptors (Lipinski definition) is 3. The molecule has 0 atom stereocenters. The molecule has 1 aromatic heterocycles. The molecular formula is C17H23BrN2S. The second kappa shape index (κ2) is 7.97. The van der Waals surface area contributed by atoms with Crippen molar-refractivity contribution in [2.45, 2.75) is 33.4 Å². The van der Waals surface area contributed by atoms with E-state index in [1.165, 1.54) is 32.6 Å². The number of rotatable bonds is 7. The van der Waals surface area contributed by atoms with Crippen molar-refractivity contribution in [3.05, 3.63) is 50.1 Å². The van der Waals surface area contributed by atoms with E-state index in [1.54, 1.807) is 11.3 Å². The third kappa shape index (κ3) is 4.83. The number of nitrogens with one attached hydrogen (secondary N) is 1. The van der Waals surface area contributed by atoms with Gasteiger partial charge >= 0.3 is 0 Å². The normalized spacial score (nSPS) is 10.9. The third-order valence-corrected chi connectivity index (χ3v) is 4.98. The summed E-state index contributed by atoms with van der Waals surface area (Å²) in [6, 6.07) is 8.92. The van der Waals surface area contributed by atoms with Crippen LogP contribution in [0.4, 0.5) is 5.69 Å². The summed E-state index contributed by atoms with van der Waals surface area (Å²) < 4.78 is 1.19. The molecule has 2 aromatic rings. The van der Waals surface area contributed by atoms with Crippen LogP contribution in [0.2, 0.25) is 0 Å². The Morgan fingerprint density at radius 3 is 2.76 bits per heavy atom. The SMILES string of the molecule is CCCNCc1cc(C)ccc1N(C)Cc1csc(Br)c1. The molecule has 0 aliphatic carbocycles. The maximum atomic E-state index is 3.53. The van der Waals surface area contributed by atoms with E-state index in [0.717, 1.165) is 19.6 Å². The lowest BCUT2D eigenvalue weighted by Crippen LogP contribution is -2.21. The predicted octanol–water partition coefficient (Wildman–Crippen LogP) is 4.96. The zero-order chi connectivity index (χ0) is 15.2. The maximum Gasteiger partial charge on any atom is 0.0701 e. The number of hydrogen-bond donors (Lipinski definition) is 1. The van der Waals surface area contributed by atoms with Gasteiger partial charge in [-0.3, -0.25) is 0 Å². The Bertz CT molecular complexity index is 580. The van der Waals surface area contributed by atoms with Crippen LogP contribution < -0.4 is 10.2 Å². The van der Waals surface area contributed by atoms with Crippen LogP contribution in [-0.2, 0) is 13.1 Å². The van der Waals surface area contributed by atoms with Crippen molar-refractivity contribution in [3.8, 4) is 0 Å². The molecule has 0 saturated heterocycles. The van der Waals surface area contributed by atoms with Gasteiger partial charge < -0.3 is 10.2 Å². The van der Waals surface area contributed by atoms with Crippen LogP contribution in [0.25, 0.3) is 0 Å². The molecule has 1 N–H and O–H groups in total. The maximum absolute atomic E-state index is 3.53. The monoisotopic (exact) mass is 366 g/mol. The molecule has 0 spiro atoms. The Hall–Kier alpha value is -0.840. The first-order valence-electron chi connectivity index (χ1n) is 7.34. The fourth-order valence-electron chi connectivity index (χ4n) is 2.42. The summed E-state index contributed by atoms with van der Waals surface area (Å²) >= 11 is 5.28. The third-order valence-electron chi connectivity index (χ3n) is 3.43. The summed E-state index contributed by atoms with van der Waals surface area (Å²) in [4.78, 5) is 2.33. The first-order chi connectivity index (χ1) is 10.1. The number of thiophene rings is 1. The van der Waals surface area contributed by atoms with Crippen LogP contribution in [0.5, 0.6) is 0 Å². The molecule has 0 unspecified atom stereocenters. The second-order valence-corrected chi connectivity index (χ2v) is 7.71. The van der Waals surface area contributed by atoms with Gasteiger partial charge in [0.1, 0.15) is 0 Å². The van der Waals surface area contributed by atoms with Crippen molar-refractivity contribution >= 4 is 33.0 Å². The van der Waals surface area contributed by atoms with E-state index in [-0.39, 0.29) is 0 Å². The van der Waals surface area contributed by atoms with E-state index in [2.05, 4.69) is 76.7 Å². The molecule has 0 saturated carbocycles. The van der Waals surface area contributed by atoms with Crippen molar-refractivity contribution in [2.24, 2.45) is 0 Å². The van der Waals surface area contributed by atoms with Crippen molar-refractivity contribution in [1.82, 2.24) is 5.32 Å². The Kier molecular flexibility index (Phi) is 6.27. The molecule has 114 valence electrons. The van der Waals surface area contributed by atoms with E-state index >= 15 is 0 Å². The molecule has 4 heteroatoms. The number of anilines is 1. The molecule has 2 rings (SSSR count). The van der Waals surface area contributed by atoms with Gasteiger partial charge in [0.15, 0.2) is 0 Å². The first kappa shape index (κ1) is 16.5. The van der Waals surface area contributed by atoms with Gasteiger partial charge in [0.2, 0.25) is 0 Å². The first-order valence-corrected chi connectivity index (χ1v) is 9.01. The molecule has 0 aliphatic heterocycles. The van der Waals surface area contributed by atoms with Gasteiger partial charge in [-0.1, -0.05) is 24.6 Å². The van der Waals surface area contributed by atoms with Crippen LogP contribution >= 0.6 is 27.3 Å². The van der Waals surface area contributed by atoms with Crippen LogP contribution in [0, 0.1) is 6.92 Å². The van der Waals surface area contributed by atoms with Crippen LogP contribution in [-0.4, -0.2) is 13.6 Å². The van der Waals surface area contributed by atoms with Gasteiger partial charge in [0, 0.05) is 25.8 Å². The minimum absolute atomic E-state index is 0.933. The molecule has 0 amide bonds. The second-order valence-electron chi connectivity index (χ2n) is 5.42. The summed E-state index contributed by atoms with van der Waals surface area (Å²) in [5, 5.41) is 5.72. The predicted molar refractivity (Wildman–Crippen MR) is 97.3 cm³/mol. The quantitative estimate of drug-likeness (QED) is 0.696. The summed E-state index contributed by atoms with van der Waals surface area (Å²) in [5.41, 5.74) is 5.35. The molecule has 21 heavy (non-hydrogen) atoms. The van der Waals surface area contributed by atoms with Gasteiger partial charge in [-0.2, -0.15) is 0 Å². The van der Waals surface area contributed by atoms with Crippen molar-refractivity contribution < 1.29 is 0 Å². The highest BCUT2D eigenvalue weighted by atomic mass is 79.9. The number of halogens is 1. The number of benzene rings is 1. The largest absolute Gasteiger partial charge is 0.370 e. The fourth-order valence-corrected chi connectivity index (χ4v) is 3.62. The Morgan fingerprint density at radius 1 is 1.29 bits per heavy atom. The number of nitrogens with zero attached hydrogens (tertiary/aromatic N) is 1. The van der Waals surface area contributed by atoms with Crippen molar-refractivity contribution in [2.75, 3.05) is 18.5 Å². The fraction of sp³-hybridized carbons (Fsp3) is 0.412. The molecular weight excluding hydrogens is 344 g/mol. The van der Waals surface area contributed by atoms with Gasteiger partial charge in [0.25, 0.3) is 0 Å². The van der Waals surface area contributed by atoms with Gasteiger partial charge in [-0.05, 0) is 64.5 Å². The summed E-state index contributed by atoms with van der Waals surface area (Å²) in [6.07, 6.45) is 1.17. The summed E-state index contributed by atoms with van der Waals surface area (Å²) in [5.74, 6) is 0. The van der Waals surface area contributed by atoms with Crippen LogP contribution in [0.15, 0.2) is 33.4 Å². The molecule has 2 nitrogen and oxygen atoms in total. The summed E-state index contributed by atoms with van der Waals surface area (Å²) in [7, 11) is 2.17. The van der Waals surface area contributed by atoms with Gasteiger partial charge in [-0.25, -0.2) is 0 Å². The Balaban J connectivity index is 2.12. The minimum atomic E-state index is 0.933. The van der Waals surface area contributed by atoms with E-state index in [1.807, 2.05) is 0 Å². The summed E-state index contributed by atoms with van der Waals surface area (Å²) in [6.45, 7) is 7.29. The highest BCUT2D eigenvalue weighted by Gasteiger charge is 2.09. The minimum Gasteiger partial charge on any atom is -0.370 e. The Morgan fingerprint density at radius 2 is 2.10 bits per heavy atom. The van der Waals surface area contributed by atoms with Crippen molar-refractivity contribution in [3.63, 3.8) is 0 Å². The van der Waals surface area contributed by atoms with E-state index < -0.39 is 0 Å².